The Morgan fingerprint density at radius 3 is 2.71 bits per heavy atom. The van der Waals surface area contributed by atoms with Gasteiger partial charge in [0.05, 0.1) is 6.61 Å². The molecule has 0 radical (unpaired) electrons. The third-order valence-corrected chi connectivity index (χ3v) is 4.24. The topological polar surface area (TPSA) is 48.4 Å². The molecule has 0 atom stereocenters. The monoisotopic (exact) mass is 291 g/mol. The highest BCUT2D eigenvalue weighted by atomic mass is 16.3. The zero-order chi connectivity index (χ0) is 14.9. The maximum Gasteiger partial charge on any atom is 0.125 e. The molecule has 4 heteroatoms. The number of aliphatic hydroxyl groups is 1. The van der Waals surface area contributed by atoms with E-state index in [1.807, 2.05) is 6.20 Å². The van der Waals surface area contributed by atoms with Crippen LogP contribution in [0.25, 0.3) is 0 Å². The Labute approximate surface area is 128 Å². The van der Waals surface area contributed by atoms with Gasteiger partial charge in [0.2, 0.25) is 0 Å². The molecule has 4 nitrogen and oxygen atoms in total. The van der Waals surface area contributed by atoms with Crippen LogP contribution in [0.1, 0.15) is 51.0 Å². The van der Waals surface area contributed by atoms with E-state index in [0.29, 0.717) is 6.04 Å². The van der Waals surface area contributed by atoms with Gasteiger partial charge in [0.1, 0.15) is 5.82 Å². The number of hydrogen-bond acceptors (Lipinski definition) is 4. The van der Waals surface area contributed by atoms with Crippen molar-refractivity contribution in [2.24, 2.45) is 0 Å². The van der Waals surface area contributed by atoms with E-state index in [1.165, 1.54) is 37.7 Å². The third kappa shape index (κ3) is 5.29. The van der Waals surface area contributed by atoms with Crippen LogP contribution in [0.2, 0.25) is 0 Å². The van der Waals surface area contributed by atoms with E-state index in [2.05, 4.69) is 34.3 Å². The molecular weight excluding hydrogens is 262 g/mol. The molecule has 1 aliphatic carbocycles. The van der Waals surface area contributed by atoms with E-state index >= 15 is 0 Å². The number of hydrogen-bond donors (Lipinski definition) is 2. The van der Waals surface area contributed by atoms with Crippen LogP contribution in [-0.4, -0.2) is 40.7 Å². The van der Waals surface area contributed by atoms with Crippen molar-refractivity contribution in [2.45, 2.75) is 58.0 Å². The van der Waals surface area contributed by atoms with Crippen molar-refractivity contribution in [1.82, 2.24) is 9.88 Å². The summed E-state index contributed by atoms with van der Waals surface area (Å²) in [5.74, 6) is 0.951. The minimum atomic E-state index is 0.236. The van der Waals surface area contributed by atoms with Gasteiger partial charge in [0, 0.05) is 31.9 Å². The summed E-state index contributed by atoms with van der Waals surface area (Å²) in [6.45, 7) is 5.01. The summed E-state index contributed by atoms with van der Waals surface area (Å²) in [6.07, 6.45) is 9.62. The smallest absolute Gasteiger partial charge is 0.125 e. The molecule has 1 fully saturated rings. The average Bonchev–Trinajstić information content (AvgIpc) is 2.54. The summed E-state index contributed by atoms with van der Waals surface area (Å²) in [5.41, 5.74) is 1.23. The molecule has 0 unspecified atom stereocenters. The quantitative estimate of drug-likeness (QED) is 0.773. The molecular formula is C17H29N3O. The summed E-state index contributed by atoms with van der Waals surface area (Å²) in [4.78, 5) is 6.90. The Balaban J connectivity index is 1.92. The minimum absolute atomic E-state index is 0.236. The van der Waals surface area contributed by atoms with Gasteiger partial charge in [-0.05, 0) is 30.9 Å². The predicted octanol–water partition coefficient (Wildman–Crippen LogP) is 3.03. The molecule has 1 heterocycles. The number of nitrogens with one attached hydrogen (secondary N) is 1. The van der Waals surface area contributed by atoms with Gasteiger partial charge in [0.25, 0.3) is 0 Å². The lowest BCUT2D eigenvalue weighted by molar-refractivity contribution is 0.117. The van der Waals surface area contributed by atoms with Crippen LogP contribution in [0.5, 0.6) is 0 Å². The molecule has 2 N–H and O–H groups in total. The molecule has 0 bridgehead atoms. The Morgan fingerprint density at radius 2 is 2.10 bits per heavy atom. The fourth-order valence-corrected chi connectivity index (χ4v) is 3.08. The number of rotatable bonds is 8. The summed E-state index contributed by atoms with van der Waals surface area (Å²) < 4.78 is 0. The molecule has 1 aromatic heterocycles. The highest BCUT2D eigenvalue weighted by Crippen LogP contribution is 2.23. The molecule has 0 saturated heterocycles. The van der Waals surface area contributed by atoms with Gasteiger partial charge in [-0.25, -0.2) is 4.98 Å². The van der Waals surface area contributed by atoms with Crippen molar-refractivity contribution in [3.05, 3.63) is 23.9 Å². The second-order valence-corrected chi connectivity index (χ2v) is 5.96. The molecule has 0 aromatic carbocycles. The fourth-order valence-electron chi connectivity index (χ4n) is 3.08. The number of anilines is 1. The van der Waals surface area contributed by atoms with E-state index in [-0.39, 0.29) is 6.61 Å². The lowest BCUT2D eigenvalue weighted by Crippen LogP contribution is -2.38. The van der Waals surface area contributed by atoms with Gasteiger partial charge >= 0.3 is 0 Å². The Hall–Kier alpha value is -1.13. The molecule has 1 aromatic rings. The van der Waals surface area contributed by atoms with Crippen molar-refractivity contribution in [3.63, 3.8) is 0 Å². The van der Waals surface area contributed by atoms with Crippen LogP contribution in [0.15, 0.2) is 18.3 Å². The third-order valence-electron chi connectivity index (χ3n) is 4.24. The van der Waals surface area contributed by atoms with E-state index in [0.717, 1.165) is 31.9 Å². The van der Waals surface area contributed by atoms with Crippen molar-refractivity contribution >= 4 is 5.82 Å². The van der Waals surface area contributed by atoms with Crippen molar-refractivity contribution in [2.75, 3.05) is 25.0 Å². The highest BCUT2D eigenvalue weighted by molar-refractivity contribution is 5.35. The highest BCUT2D eigenvalue weighted by Gasteiger charge is 2.20. The molecule has 118 valence electrons. The van der Waals surface area contributed by atoms with Crippen molar-refractivity contribution in [1.29, 1.82) is 0 Å². The van der Waals surface area contributed by atoms with Gasteiger partial charge in [-0.2, -0.15) is 0 Å². The first-order valence-corrected chi connectivity index (χ1v) is 8.37. The largest absolute Gasteiger partial charge is 0.395 e. The molecule has 0 aliphatic heterocycles. The Kier molecular flexibility index (Phi) is 6.96. The van der Waals surface area contributed by atoms with Crippen LogP contribution in [0.3, 0.4) is 0 Å². The van der Waals surface area contributed by atoms with Crippen LogP contribution >= 0.6 is 0 Å². The number of pyridine rings is 1. The van der Waals surface area contributed by atoms with Crippen molar-refractivity contribution in [3.8, 4) is 0 Å². The van der Waals surface area contributed by atoms with Gasteiger partial charge in [-0.1, -0.05) is 32.3 Å². The second-order valence-electron chi connectivity index (χ2n) is 5.96. The summed E-state index contributed by atoms with van der Waals surface area (Å²) >= 11 is 0. The zero-order valence-electron chi connectivity index (χ0n) is 13.2. The normalized spacial score (nSPS) is 16.3. The SMILES string of the molecule is CCCNc1ccc(CN(CCO)C2CCCCC2)cn1. The van der Waals surface area contributed by atoms with Crippen LogP contribution in [0.4, 0.5) is 5.82 Å². The zero-order valence-corrected chi connectivity index (χ0v) is 13.2. The molecule has 0 spiro atoms. The molecule has 0 amide bonds. The summed E-state index contributed by atoms with van der Waals surface area (Å²) in [5, 5.41) is 12.6. The van der Waals surface area contributed by atoms with Crippen LogP contribution < -0.4 is 5.32 Å². The Morgan fingerprint density at radius 1 is 1.29 bits per heavy atom. The Bertz CT molecular complexity index is 388. The lowest BCUT2D eigenvalue weighted by atomic mass is 9.94. The molecule has 21 heavy (non-hydrogen) atoms. The van der Waals surface area contributed by atoms with E-state index in [1.54, 1.807) is 0 Å². The molecule has 2 rings (SSSR count). The average molecular weight is 291 g/mol. The van der Waals surface area contributed by atoms with Gasteiger partial charge in [-0.3, -0.25) is 4.90 Å². The van der Waals surface area contributed by atoms with Crippen LogP contribution in [0, 0.1) is 0 Å². The minimum Gasteiger partial charge on any atom is -0.395 e. The van der Waals surface area contributed by atoms with Crippen LogP contribution in [-0.2, 0) is 6.54 Å². The van der Waals surface area contributed by atoms with E-state index in [9.17, 15) is 5.11 Å². The first kappa shape index (κ1) is 16.2. The molecule has 1 saturated carbocycles. The van der Waals surface area contributed by atoms with Crippen molar-refractivity contribution < 1.29 is 5.11 Å². The maximum atomic E-state index is 9.32. The van der Waals surface area contributed by atoms with E-state index < -0.39 is 0 Å². The number of aromatic nitrogens is 1. The number of aliphatic hydroxyl groups excluding tert-OH is 1. The first-order chi connectivity index (χ1) is 10.3. The number of nitrogens with zero attached hydrogens (tertiary/aromatic N) is 2. The lowest BCUT2D eigenvalue weighted by Gasteiger charge is -2.34. The van der Waals surface area contributed by atoms with Gasteiger partial charge < -0.3 is 10.4 Å². The maximum absolute atomic E-state index is 9.32. The van der Waals surface area contributed by atoms with Gasteiger partial charge in [-0.15, -0.1) is 0 Å². The standard InChI is InChI=1S/C17H29N3O/c1-2-10-18-17-9-8-15(13-19-17)14-20(11-12-21)16-6-4-3-5-7-16/h8-9,13,16,21H,2-7,10-12,14H2,1H3,(H,18,19). The summed E-state index contributed by atoms with van der Waals surface area (Å²) in [6, 6.07) is 4.84. The second kappa shape index (κ2) is 9.00. The summed E-state index contributed by atoms with van der Waals surface area (Å²) in [7, 11) is 0. The molecule has 1 aliphatic rings. The fraction of sp³-hybridized carbons (Fsp3) is 0.706. The van der Waals surface area contributed by atoms with Gasteiger partial charge in [0.15, 0.2) is 0 Å². The van der Waals surface area contributed by atoms with E-state index in [4.69, 9.17) is 0 Å². The predicted molar refractivity (Wildman–Crippen MR) is 87.4 cm³/mol. The first-order valence-electron chi connectivity index (χ1n) is 8.37.